The Morgan fingerprint density at radius 1 is 1.06 bits per heavy atom. The molecule has 1 aliphatic heterocycles. The standard InChI is InChI=1S/C21H16N4O6S/c26-21(32(29,30)16-8-6-14(7-9-16)25(27)28)19-12-18(23-24-19)17-13-22-11-10-20(17)31-15-4-2-1-3-5-15/h1-13,19,23-24H. The Morgan fingerprint density at radius 3 is 2.47 bits per heavy atom. The quantitative estimate of drug-likeness (QED) is 0.426. The Hall–Kier alpha value is -4.09. The van der Waals surface area contributed by atoms with Crippen LogP contribution in [0.4, 0.5) is 5.69 Å². The number of sulfone groups is 1. The fourth-order valence-corrected chi connectivity index (χ4v) is 4.20. The Bertz CT molecular complexity index is 1310. The minimum atomic E-state index is -4.38. The molecule has 0 amide bonds. The zero-order valence-electron chi connectivity index (χ0n) is 16.3. The molecular formula is C21H16N4O6S. The molecule has 0 spiro atoms. The third kappa shape index (κ3) is 4.19. The van der Waals surface area contributed by atoms with Crippen molar-refractivity contribution in [3.63, 3.8) is 0 Å². The monoisotopic (exact) mass is 452 g/mol. The maximum absolute atomic E-state index is 12.7. The predicted molar refractivity (Wildman–Crippen MR) is 114 cm³/mol. The lowest BCUT2D eigenvalue weighted by atomic mass is 10.1. The van der Waals surface area contributed by atoms with Crippen LogP contribution in [0.1, 0.15) is 5.56 Å². The van der Waals surface area contributed by atoms with E-state index in [9.17, 15) is 23.3 Å². The number of carbonyl (C=O) groups is 1. The van der Waals surface area contributed by atoms with Gasteiger partial charge in [-0.2, -0.15) is 0 Å². The van der Waals surface area contributed by atoms with Crippen molar-refractivity contribution in [2.75, 3.05) is 0 Å². The molecule has 10 nitrogen and oxygen atoms in total. The van der Waals surface area contributed by atoms with Crippen LogP contribution < -0.4 is 15.6 Å². The summed E-state index contributed by atoms with van der Waals surface area (Å²) in [7, 11) is -4.38. The SMILES string of the molecule is O=C(C1C=C(c2cnccc2Oc2ccccc2)NN1)S(=O)(=O)c1ccc([N+](=O)[O-])cc1. The van der Waals surface area contributed by atoms with Crippen molar-refractivity contribution in [3.8, 4) is 11.5 Å². The number of carbonyl (C=O) groups excluding carboxylic acids is 1. The second-order valence-electron chi connectivity index (χ2n) is 6.69. The van der Waals surface area contributed by atoms with Gasteiger partial charge in [0.25, 0.3) is 10.8 Å². The number of hydrogen-bond donors (Lipinski definition) is 2. The molecule has 0 aliphatic carbocycles. The summed E-state index contributed by atoms with van der Waals surface area (Å²) in [6.07, 6.45) is 4.49. The summed E-state index contributed by atoms with van der Waals surface area (Å²) in [4.78, 5) is 26.6. The Labute approximate surface area is 182 Å². The lowest BCUT2D eigenvalue weighted by Crippen LogP contribution is -2.40. The van der Waals surface area contributed by atoms with Gasteiger partial charge in [0.2, 0.25) is 9.84 Å². The predicted octanol–water partition coefficient (Wildman–Crippen LogP) is 2.60. The lowest BCUT2D eigenvalue weighted by molar-refractivity contribution is -0.384. The van der Waals surface area contributed by atoms with Crippen molar-refractivity contribution >= 4 is 26.3 Å². The maximum Gasteiger partial charge on any atom is 0.273 e. The van der Waals surface area contributed by atoms with Gasteiger partial charge in [-0.05, 0) is 36.4 Å². The van der Waals surface area contributed by atoms with Gasteiger partial charge in [-0.25, -0.2) is 13.8 Å². The number of nitro benzene ring substituents is 1. The van der Waals surface area contributed by atoms with E-state index in [1.54, 1.807) is 24.4 Å². The first-order chi connectivity index (χ1) is 15.4. The molecule has 0 radical (unpaired) electrons. The van der Waals surface area contributed by atoms with Crippen LogP contribution in [0.15, 0.2) is 84.0 Å². The molecule has 2 aromatic carbocycles. The number of pyridine rings is 1. The van der Waals surface area contributed by atoms with Crippen LogP contribution in [0.25, 0.3) is 5.70 Å². The number of hydrazine groups is 1. The minimum Gasteiger partial charge on any atom is -0.457 e. The summed E-state index contributed by atoms with van der Waals surface area (Å²) in [6.45, 7) is 0. The summed E-state index contributed by atoms with van der Waals surface area (Å²) in [6, 6.07) is 13.6. The molecule has 4 rings (SSSR count). The molecule has 0 saturated carbocycles. The number of non-ortho nitro benzene ring substituents is 1. The number of ether oxygens (including phenoxy) is 1. The number of rotatable bonds is 6. The second-order valence-corrected chi connectivity index (χ2v) is 8.57. The van der Waals surface area contributed by atoms with Crippen LogP contribution >= 0.6 is 0 Å². The fourth-order valence-electron chi connectivity index (χ4n) is 3.01. The summed E-state index contributed by atoms with van der Waals surface area (Å²) in [5.74, 6) is 1.05. The van der Waals surface area contributed by atoms with E-state index in [-0.39, 0.29) is 10.6 Å². The number of hydrogen-bond acceptors (Lipinski definition) is 9. The second kappa shape index (κ2) is 8.57. The van der Waals surface area contributed by atoms with Gasteiger partial charge in [0.15, 0.2) is 0 Å². The highest BCUT2D eigenvalue weighted by atomic mass is 32.2. The highest BCUT2D eigenvalue weighted by Crippen LogP contribution is 2.30. The van der Waals surface area contributed by atoms with E-state index < -0.39 is 25.9 Å². The van der Waals surface area contributed by atoms with Gasteiger partial charge in [0.05, 0.1) is 21.1 Å². The smallest absolute Gasteiger partial charge is 0.273 e. The average Bonchev–Trinajstić information content (AvgIpc) is 3.29. The Morgan fingerprint density at radius 2 is 1.78 bits per heavy atom. The van der Waals surface area contributed by atoms with Crippen LogP contribution in [0.2, 0.25) is 0 Å². The Kier molecular flexibility index (Phi) is 5.67. The molecule has 0 fully saturated rings. The summed E-state index contributed by atoms with van der Waals surface area (Å²) in [5.41, 5.74) is 6.09. The lowest BCUT2D eigenvalue weighted by Gasteiger charge is -2.11. The van der Waals surface area contributed by atoms with Gasteiger partial charge in [0, 0.05) is 24.5 Å². The van der Waals surface area contributed by atoms with Crippen LogP contribution in [0.3, 0.4) is 0 Å². The number of benzene rings is 2. The molecule has 3 aromatic rings. The van der Waals surface area contributed by atoms with Crippen molar-refractivity contribution in [2.24, 2.45) is 0 Å². The average molecular weight is 452 g/mol. The van der Waals surface area contributed by atoms with E-state index in [0.717, 1.165) is 24.3 Å². The highest BCUT2D eigenvalue weighted by Gasteiger charge is 2.34. The number of nitrogens with one attached hydrogen (secondary N) is 2. The normalized spacial score (nSPS) is 15.5. The summed E-state index contributed by atoms with van der Waals surface area (Å²) >= 11 is 0. The number of nitrogens with zero attached hydrogens (tertiary/aromatic N) is 2. The van der Waals surface area contributed by atoms with Crippen molar-refractivity contribution in [3.05, 3.63) is 94.8 Å². The highest BCUT2D eigenvalue weighted by molar-refractivity contribution is 8.06. The van der Waals surface area contributed by atoms with Crippen molar-refractivity contribution in [1.82, 2.24) is 15.8 Å². The molecular weight excluding hydrogens is 436 g/mol. The maximum atomic E-state index is 12.7. The van der Waals surface area contributed by atoms with E-state index in [1.165, 1.54) is 12.3 Å². The van der Waals surface area contributed by atoms with Gasteiger partial charge in [-0.15, -0.1) is 0 Å². The van der Waals surface area contributed by atoms with Gasteiger partial charge in [-0.1, -0.05) is 18.2 Å². The third-order valence-electron chi connectivity index (χ3n) is 4.61. The molecule has 162 valence electrons. The fraction of sp³-hybridized carbons (Fsp3) is 0.0476. The zero-order valence-corrected chi connectivity index (χ0v) is 17.2. The molecule has 2 N–H and O–H groups in total. The van der Waals surface area contributed by atoms with E-state index in [0.29, 0.717) is 22.8 Å². The van der Waals surface area contributed by atoms with Crippen LogP contribution in [0.5, 0.6) is 11.5 Å². The molecule has 1 aliphatic rings. The first-order valence-corrected chi connectivity index (χ1v) is 10.8. The van der Waals surface area contributed by atoms with Crippen LogP contribution in [-0.2, 0) is 14.6 Å². The summed E-state index contributed by atoms with van der Waals surface area (Å²) in [5, 5.41) is 9.66. The molecule has 2 heterocycles. The first-order valence-electron chi connectivity index (χ1n) is 9.30. The van der Waals surface area contributed by atoms with E-state index >= 15 is 0 Å². The minimum absolute atomic E-state index is 0.276. The molecule has 1 aromatic heterocycles. The largest absolute Gasteiger partial charge is 0.457 e. The van der Waals surface area contributed by atoms with E-state index in [4.69, 9.17) is 4.74 Å². The van der Waals surface area contributed by atoms with Crippen LogP contribution in [0, 0.1) is 10.1 Å². The Balaban J connectivity index is 1.58. The van der Waals surface area contributed by atoms with Gasteiger partial charge in [0.1, 0.15) is 17.5 Å². The van der Waals surface area contributed by atoms with Crippen molar-refractivity contribution in [1.29, 1.82) is 0 Å². The van der Waals surface area contributed by atoms with E-state index in [1.807, 2.05) is 18.2 Å². The molecule has 1 unspecified atom stereocenters. The van der Waals surface area contributed by atoms with Gasteiger partial charge in [-0.3, -0.25) is 19.9 Å². The molecule has 1 atom stereocenters. The summed E-state index contributed by atoms with van der Waals surface area (Å²) < 4.78 is 31.3. The molecule has 0 bridgehead atoms. The topological polar surface area (TPSA) is 141 Å². The molecule has 0 saturated heterocycles. The molecule has 11 heteroatoms. The van der Waals surface area contributed by atoms with Crippen molar-refractivity contribution in [2.45, 2.75) is 10.9 Å². The number of nitro groups is 1. The number of para-hydroxylation sites is 1. The van der Waals surface area contributed by atoms with Crippen LogP contribution in [-0.4, -0.2) is 29.5 Å². The zero-order chi connectivity index (χ0) is 22.7. The number of aromatic nitrogens is 1. The van der Waals surface area contributed by atoms with Gasteiger partial charge < -0.3 is 10.2 Å². The van der Waals surface area contributed by atoms with E-state index in [2.05, 4.69) is 15.8 Å². The van der Waals surface area contributed by atoms with Gasteiger partial charge >= 0.3 is 0 Å². The first kappa shape index (κ1) is 21.2. The molecule has 32 heavy (non-hydrogen) atoms. The van der Waals surface area contributed by atoms with Crippen molar-refractivity contribution < 1.29 is 22.9 Å². The third-order valence-corrected chi connectivity index (χ3v) is 6.29.